The summed E-state index contributed by atoms with van der Waals surface area (Å²) in [5.74, 6) is 0.628. The molecule has 0 aliphatic heterocycles. The number of amides is 1. The molecule has 0 fully saturated rings. The van der Waals surface area contributed by atoms with E-state index in [2.05, 4.69) is 5.32 Å². The van der Waals surface area contributed by atoms with Crippen LogP contribution in [0.3, 0.4) is 0 Å². The number of benzene rings is 3. The van der Waals surface area contributed by atoms with E-state index in [0.717, 1.165) is 8.61 Å². The Bertz CT molecular complexity index is 1470. The third-order valence-corrected chi connectivity index (χ3v) is 9.19. The summed E-state index contributed by atoms with van der Waals surface area (Å²) >= 11 is 0. The van der Waals surface area contributed by atoms with Crippen molar-refractivity contribution in [3.63, 3.8) is 0 Å². The van der Waals surface area contributed by atoms with Crippen LogP contribution in [0.4, 0.5) is 5.69 Å². The fraction of sp³-hybridized carbons (Fsp3) is 0.269. The molecule has 13 heteroatoms. The maximum Gasteiger partial charge on any atom is 0.264 e. The molecule has 11 nitrogen and oxygen atoms in total. The molecule has 0 atom stereocenters. The lowest BCUT2D eigenvalue weighted by Gasteiger charge is -2.25. The van der Waals surface area contributed by atoms with Gasteiger partial charge in [-0.3, -0.25) is 9.10 Å². The minimum atomic E-state index is -4.15. The van der Waals surface area contributed by atoms with Crippen molar-refractivity contribution in [1.82, 2.24) is 9.62 Å². The maximum absolute atomic E-state index is 13.6. The second-order valence-electron chi connectivity index (χ2n) is 8.32. The Morgan fingerprint density at radius 1 is 0.769 bits per heavy atom. The zero-order chi connectivity index (χ0) is 28.6. The summed E-state index contributed by atoms with van der Waals surface area (Å²) in [5.41, 5.74) is 0.204. The number of hydrogen-bond acceptors (Lipinski definition) is 8. The predicted octanol–water partition coefficient (Wildman–Crippen LogP) is 2.34. The molecular weight excluding hydrogens is 546 g/mol. The molecule has 0 spiro atoms. The summed E-state index contributed by atoms with van der Waals surface area (Å²) in [6.45, 7) is -0.351. The molecule has 3 rings (SSSR count). The first-order valence-corrected chi connectivity index (χ1v) is 14.6. The van der Waals surface area contributed by atoms with E-state index in [0.29, 0.717) is 11.5 Å². The van der Waals surface area contributed by atoms with Crippen molar-refractivity contribution in [3.8, 4) is 17.2 Å². The van der Waals surface area contributed by atoms with Gasteiger partial charge < -0.3 is 19.5 Å². The van der Waals surface area contributed by atoms with Crippen LogP contribution in [-0.4, -0.2) is 75.1 Å². The largest absolute Gasteiger partial charge is 0.497 e. The molecule has 0 aromatic heterocycles. The fourth-order valence-corrected chi connectivity index (χ4v) is 5.81. The van der Waals surface area contributed by atoms with Crippen molar-refractivity contribution in [3.05, 3.63) is 72.8 Å². The highest BCUT2D eigenvalue weighted by Crippen LogP contribution is 2.32. The first-order valence-electron chi connectivity index (χ1n) is 11.7. The Kier molecular flexibility index (Phi) is 9.78. The number of nitrogens with zero attached hydrogens (tertiary/aromatic N) is 2. The average Bonchev–Trinajstić information content (AvgIpc) is 2.94. The lowest BCUT2D eigenvalue weighted by molar-refractivity contribution is -0.119. The lowest BCUT2D eigenvalue weighted by atomic mass is 10.3. The smallest absolute Gasteiger partial charge is 0.264 e. The van der Waals surface area contributed by atoms with E-state index < -0.39 is 32.5 Å². The molecule has 3 aromatic rings. The average molecular weight is 578 g/mol. The number of rotatable bonds is 13. The van der Waals surface area contributed by atoms with Crippen LogP contribution in [0.5, 0.6) is 17.2 Å². The van der Waals surface area contributed by atoms with Crippen LogP contribution in [0.2, 0.25) is 0 Å². The number of carbonyl (C=O) groups excluding carboxylic acids is 1. The summed E-state index contributed by atoms with van der Waals surface area (Å²) in [4.78, 5) is 12.9. The number of ether oxygens (including phenoxy) is 3. The number of nitrogens with one attached hydrogen (secondary N) is 1. The van der Waals surface area contributed by atoms with Gasteiger partial charge in [-0.1, -0.05) is 12.1 Å². The van der Waals surface area contributed by atoms with E-state index in [-0.39, 0.29) is 34.4 Å². The zero-order valence-corrected chi connectivity index (χ0v) is 23.7. The number of para-hydroxylation sites is 2. The second kappa shape index (κ2) is 12.8. The molecule has 0 radical (unpaired) electrons. The van der Waals surface area contributed by atoms with E-state index in [1.54, 1.807) is 24.3 Å². The molecule has 0 aliphatic carbocycles. The highest BCUT2D eigenvalue weighted by molar-refractivity contribution is 7.92. The SMILES string of the molecule is COc1ccc(S(=O)(=O)N(CC(=O)NCCOc2ccc(S(=O)(=O)N(C)C)cc2)c2ccccc2OC)cc1. The summed E-state index contributed by atoms with van der Waals surface area (Å²) in [6, 6.07) is 18.2. The Hall–Kier alpha value is -3.81. The van der Waals surface area contributed by atoms with Crippen LogP contribution in [0.25, 0.3) is 0 Å². The van der Waals surface area contributed by atoms with Gasteiger partial charge in [0.05, 0.1) is 36.2 Å². The van der Waals surface area contributed by atoms with Gasteiger partial charge in [0, 0.05) is 14.1 Å². The van der Waals surface area contributed by atoms with E-state index in [1.807, 2.05) is 0 Å². The third kappa shape index (κ3) is 7.19. The van der Waals surface area contributed by atoms with Gasteiger partial charge in [0.1, 0.15) is 30.4 Å². The summed E-state index contributed by atoms with van der Waals surface area (Å²) in [5, 5.41) is 2.65. The van der Waals surface area contributed by atoms with E-state index in [1.165, 1.54) is 76.8 Å². The van der Waals surface area contributed by atoms with Gasteiger partial charge >= 0.3 is 0 Å². The zero-order valence-electron chi connectivity index (χ0n) is 22.0. The molecule has 1 amide bonds. The second-order valence-corrected chi connectivity index (χ2v) is 12.3. The van der Waals surface area contributed by atoms with Crippen molar-refractivity contribution in [1.29, 1.82) is 0 Å². The van der Waals surface area contributed by atoms with Crippen LogP contribution in [0.1, 0.15) is 0 Å². The normalized spacial score (nSPS) is 11.6. The number of anilines is 1. The first kappa shape index (κ1) is 29.7. The van der Waals surface area contributed by atoms with Crippen molar-refractivity contribution >= 4 is 31.6 Å². The topological polar surface area (TPSA) is 132 Å². The number of carbonyl (C=O) groups is 1. The van der Waals surface area contributed by atoms with Gasteiger partial charge in [0.15, 0.2) is 0 Å². The van der Waals surface area contributed by atoms with Crippen molar-refractivity contribution in [2.75, 3.05) is 52.3 Å². The molecule has 0 heterocycles. The van der Waals surface area contributed by atoms with Crippen LogP contribution >= 0.6 is 0 Å². The summed E-state index contributed by atoms with van der Waals surface area (Å²) in [6.07, 6.45) is 0. The van der Waals surface area contributed by atoms with E-state index >= 15 is 0 Å². The minimum Gasteiger partial charge on any atom is -0.497 e. The Morgan fingerprint density at radius 2 is 1.33 bits per heavy atom. The van der Waals surface area contributed by atoms with Crippen molar-refractivity contribution in [2.45, 2.75) is 9.79 Å². The van der Waals surface area contributed by atoms with Gasteiger partial charge in [-0.25, -0.2) is 21.1 Å². The maximum atomic E-state index is 13.6. The molecule has 3 aromatic carbocycles. The van der Waals surface area contributed by atoms with Crippen LogP contribution in [0, 0.1) is 0 Å². The molecular formula is C26H31N3O8S2. The van der Waals surface area contributed by atoms with Gasteiger partial charge in [-0.05, 0) is 60.7 Å². The molecule has 0 bridgehead atoms. The molecule has 210 valence electrons. The minimum absolute atomic E-state index is 0.0231. The fourth-order valence-electron chi connectivity index (χ4n) is 3.47. The lowest BCUT2D eigenvalue weighted by Crippen LogP contribution is -2.42. The van der Waals surface area contributed by atoms with E-state index in [9.17, 15) is 21.6 Å². The summed E-state index contributed by atoms with van der Waals surface area (Å²) < 4.78 is 69.6. The molecule has 0 unspecified atom stereocenters. The molecule has 39 heavy (non-hydrogen) atoms. The molecule has 0 saturated heterocycles. The predicted molar refractivity (Wildman–Crippen MR) is 146 cm³/mol. The standard InChI is InChI=1S/C26H31N3O8S2/c1-28(2)38(31,32)22-15-11-21(12-16-22)37-18-17-27-26(30)19-29(24-7-5-6-8-25(24)36-4)39(33,34)23-13-9-20(35-3)10-14-23/h5-16H,17-19H2,1-4H3,(H,27,30). The van der Waals surface area contributed by atoms with E-state index in [4.69, 9.17) is 14.2 Å². The van der Waals surface area contributed by atoms with Crippen LogP contribution < -0.4 is 23.8 Å². The Balaban J connectivity index is 1.69. The van der Waals surface area contributed by atoms with Gasteiger partial charge in [0.2, 0.25) is 15.9 Å². The van der Waals surface area contributed by atoms with Gasteiger partial charge in [-0.2, -0.15) is 0 Å². The third-order valence-electron chi connectivity index (χ3n) is 5.58. The Labute approximate surface area is 229 Å². The highest BCUT2D eigenvalue weighted by Gasteiger charge is 2.29. The molecule has 1 N–H and O–H groups in total. The van der Waals surface area contributed by atoms with Crippen molar-refractivity contribution < 1.29 is 35.8 Å². The number of sulfonamides is 2. The van der Waals surface area contributed by atoms with Gasteiger partial charge in [-0.15, -0.1) is 0 Å². The van der Waals surface area contributed by atoms with Crippen LogP contribution in [0.15, 0.2) is 82.6 Å². The quantitative estimate of drug-likeness (QED) is 0.306. The first-order chi connectivity index (χ1) is 18.5. The summed E-state index contributed by atoms with van der Waals surface area (Å²) in [7, 11) is -1.93. The highest BCUT2D eigenvalue weighted by atomic mass is 32.2. The van der Waals surface area contributed by atoms with Crippen LogP contribution in [-0.2, 0) is 24.8 Å². The number of methoxy groups -OCH3 is 2. The number of hydrogen-bond donors (Lipinski definition) is 1. The monoisotopic (exact) mass is 577 g/mol. The van der Waals surface area contributed by atoms with Crippen molar-refractivity contribution in [2.24, 2.45) is 0 Å². The molecule has 0 saturated carbocycles. The molecule has 0 aliphatic rings. The van der Waals surface area contributed by atoms with Gasteiger partial charge in [0.25, 0.3) is 10.0 Å². The Morgan fingerprint density at radius 3 is 1.90 bits per heavy atom.